The summed E-state index contributed by atoms with van der Waals surface area (Å²) in [7, 11) is 0. The third-order valence-corrected chi connectivity index (χ3v) is 3.91. The fourth-order valence-electron chi connectivity index (χ4n) is 2.88. The van der Waals surface area contributed by atoms with E-state index in [0.29, 0.717) is 23.1 Å². The Hall–Kier alpha value is -2.30. The Bertz CT molecular complexity index is 615. The molecule has 0 radical (unpaired) electrons. The molecule has 1 aromatic rings. The fraction of sp³-hybridized carbons (Fsp3) is 0.545. The number of benzene rings is 1. The maximum atomic E-state index is 12.6. The Morgan fingerprint density at radius 1 is 0.852 bits per heavy atom. The summed E-state index contributed by atoms with van der Waals surface area (Å²) < 4.78 is 10.9. The van der Waals surface area contributed by atoms with Crippen molar-refractivity contribution in [3.05, 3.63) is 35.4 Å². The molecule has 5 heteroatoms. The first-order chi connectivity index (χ1) is 12.6. The molecular weight excluding hydrogens is 342 g/mol. The van der Waals surface area contributed by atoms with E-state index in [1.807, 2.05) is 13.8 Å². The lowest BCUT2D eigenvalue weighted by atomic mass is 10.1. The summed E-state index contributed by atoms with van der Waals surface area (Å²) in [6.07, 6.45) is 2.37. The van der Waals surface area contributed by atoms with E-state index in [4.69, 9.17) is 15.2 Å². The molecule has 0 amide bonds. The maximum Gasteiger partial charge on any atom is 0.345 e. The van der Waals surface area contributed by atoms with E-state index in [-0.39, 0.29) is 17.8 Å². The molecule has 1 rings (SSSR count). The van der Waals surface area contributed by atoms with Gasteiger partial charge < -0.3 is 15.2 Å². The van der Waals surface area contributed by atoms with Crippen LogP contribution in [0.5, 0.6) is 0 Å². The highest BCUT2D eigenvalue weighted by Gasteiger charge is 2.25. The van der Waals surface area contributed by atoms with Crippen LogP contribution in [0.3, 0.4) is 0 Å². The van der Waals surface area contributed by atoms with E-state index in [2.05, 4.69) is 27.7 Å². The molecule has 0 saturated carbocycles. The predicted molar refractivity (Wildman–Crippen MR) is 109 cm³/mol. The van der Waals surface area contributed by atoms with Crippen LogP contribution in [0.1, 0.15) is 59.9 Å². The van der Waals surface area contributed by atoms with Crippen molar-refractivity contribution in [2.45, 2.75) is 66.6 Å². The summed E-state index contributed by atoms with van der Waals surface area (Å²) in [5.74, 6) is -0.561. The van der Waals surface area contributed by atoms with Gasteiger partial charge >= 0.3 is 11.9 Å². The molecular formula is C22H33NO4. The van der Waals surface area contributed by atoms with Crippen LogP contribution < -0.4 is 5.73 Å². The molecule has 0 aliphatic rings. The van der Waals surface area contributed by atoms with Gasteiger partial charge in [0.1, 0.15) is 5.57 Å². The van der Waals surface area contributed by atoms with Gasteiger partial charge in [-0.3, -0.25) is 0 Å². The molecule has 2 atom stereocenters. The van der Waals surface area contributed by atoms with Crippen LogP contribution in [0, 0.1) is 11.8 Å². The minimum atomic E-state index is -0.665. The summed E-state index contributed by atoms with van der Waals surface area (Å²) in [5.41, 5.74) is 6.88. The summed E-state index contributed by atoms with van der Waals surface area (Å²) in [6.45, 7) is 11.9. The molecule has 1 aromatic carbocycles. The van der Waals surface area contributed by atoms with Crippen molar-refractivity contribution in [3.8, 4) is 0 Å². The fourth-order valence-corrected chi connectivity index (χ4v) is 2.88. The Balaban J connectivity index is 3.02. The molecule has 0 aromatic heterocycles. The van der Waals surface area contributed by atoms with Crippen LogP contribution in [0.2, 0.25) is 0 Å². The zero-order chi connectivity index (χ0) is 20.6. The van der Waals surface area contributed by atoms with Crippen molar-refractivity contribution in [1.29, 1.82) is 0 Å². The summed E-state index contributed by atoms with van der Waals surface area (Å²) in [6, 6.07) is 6.90. The Kier molecular flexibility index (Phi) is 9.06. The van der Waals surface area contributed by atoms with Gasteiger partial charge in [0, 0.05) is 5.69 Å². The second kappa shape index (κ2) is 10.8. The average Bonchev–Trinajstić information content (AvgIpc) is 2.52. The highest BCUT2D eigenvalue weighted by Crippen LogP contribution is 2.17. The largest absolute Gasteiger partial charge is 0.459 e. The van der Waals surface area contributed by atoms with Gasteiger partial charge in [0.2, 0.25) is 0 Å². The lowest BCUT2D eigenvalue weighted by Crippen LogP contribution is -2.25. The first-order valence-electron chi connectivity index (χ1n) is 9.57. The Morgan fingerprint density at radius 2 is 1.26 bits per heavy atom. The van der Waals surface area contributed by atoms with Crippen molar-refractivity contribution in [2.24, 2.45) is 11.8 Å². The second-order valence-electron chi connectivity index (χ2n) is 7.92. The smallest absolute Gasteiger partial charge is 0.345 e. The molecule has 150 valence electrons. The van der Waals surface area contributed by atoms with Crippen molar-refractivity contribution >= 4 is 23.7 Å². The zero-order valence-electron chi connectivity index (χ0n) is 17.3. The third-order valence-electron chi connectivity index (χ3n) is 3.91. The molecule has 0 heterocycles. The van der Waals surface area contributed by atoms with Gasteiger partial charge in [-0.2, -0.15) is 0 Å². The normalized spacial score (nSPS) is 13.2. The molecule has 0 spiro atoms. The quantitative estimate of drug-likeness (QED) is 0.224. The minimum absolute atomic E-state index is 0.106. The van der Waals surface area contributed by atoms with Crippen molar-refractivity contribution in [2.75, 3.05) is 5.73 Å². The van der Waals surface area contributed by atoms with Gasteiger partial charge in [-0.1, -0.05) is 39.8 Å². The number of esters is 2. The number of carbonyl (C=O) groups excluding carboxylic acids is 2. The second-order valence-corrected chi connectivity index (χ2v) is 7.92. The van der Waals surface area contributed by atoms with Crippen molar-refractivity contribution < 1.29 is 19.1 Å². The van der Waals surface area contributed by atoms with E-state index >= 15 is 0 Å². The first-order valence-corrected chi connectivity index (χ1v) is 9.57. The topological polar surface area (TPSA) is 78.6 Å². The molecule has 5 nitrogen and oxygen atoms in total. The number of rotatable bonds is 9. The number of nitrogens with two attached hydrogens (primary N) is 1. The van der Waals surface area contributed by atoms with Gasteiger partial charge in [-0.25, -0.2) is 9.59 Å². The maximum absolute atomic E-state index is 12.6. The zero-order valence-corrected chi connectivity index (χ0v) is 17.3. The lowest BCUT2D eigenvalue weighted by Gasteiger charge is -2.18. The number of ether oxygens (including phenoxy) is 2. The van der Waals surface area contributed by atoms with Crippen molar-refractivity contribution in [3.63, 3.8) is 0 Å². The molecule has 0 saturated heterocycles. The van der Waals surface area contributed by atoms with Crippen LogP contribution in [-0.4, -0.2) is 24.1 Å². The van der Waals surface area contributed by atoms with E-state index in [1.165, 1.54) is 6.08 Å². The molecule has 0 aliphatic heterocycles. The van der Waals surface area contributed by atoms with Gasteiger partial charge in [0.25, 0.3) is 0 Å². The number of nitrogen functional groups attached to an aromatic ring is 1. The average molecular weight is 376 g/mol. The summed E-state index contributed by atoms with van der Waals surface area (Å²) in [5, 5.41) is 0. The van der Waals surface area contributed by atoms with Crippen LogP contribution in [0.15, 0.2) is 29.8 Å². The van der Waals surface area contributed by atoms with Crippen LogP contribution in [0.25, 0.3) is 6.08 Å². The standard InChI is InChI=1S/C22H33NO4/c1-14(2)11-16(5)26-21(24)20(13-18-7-9-19(23)10-8-18)22(25)27-17(6)12-15(3)4/h7-10,13-17H,11-12,23H2,1-6H3. The summed E-state index contributed by atoms with van der Waals surface area (Å²) in [4.78, 5) is 25.3. The molecule has 27 heavy (non-hydrogen) atoms. The van der Waals surface area contributed by atoms with Crippen LogP contribution in [-0.2, 0) is 19.1 Å². The van der Waals surface area contributed by atoms with Gasteiger partial charge in [0.15, 0.2) is 0 Å². The number of anilines is 1. The number of carbonyl (C=O) groups is 2. The summed E-state index contributed by atoms with van der Waals surface area (Å²) >= 11 is 0. The van der Waals surface area contributed by atoms with Gasteiger partial charge in [-0.15, -0.1) is 0 Å². The van der Waals surface area contributed by atoms with E-state index in [9.17, 15) is 9.59 Å². The molecule has 2 N–H and O–H groups in total. The first kappa shape index (κ1) is 22.7. The van der Waals surface area contributed by atoms with E-state index in [0.717, 1.165) is 12.8 Å². The molecule has 0 fully saturated rings. The molecule has 2 unspecified atom stereocenters. The van der Waals surface area contributed by atoms with Crippen LogP contribution >= 0.6 is 0 Å². The van der Waals surface area contributed by atoms with Gasteiger partial charge in [-0.05, 0) is 62.3 Å². The van der Waals surface area contributed by atoms with Gasteiger partial charge in [0.05, 0.1) is 12.2 Å². The van der Waals surface area contributed by atoms with E-state index < -0.39 is 11.9 Å². The lowest BCUT2D eigenvalue weighted by molar-refractivity contribution is -0.152. The minimum Gasteiger partial charge on any atom is -0.459 e. The third kappa shape index (κ3) is 8.76. The predicted octanol–water partition coefficient (Wildman–Crippen LogP) is 4.61. The van der Waals surface area contributed by atoms with Crippen LogP contribution in [0.4, 0.5) is 5.69 Å². The Morgan fingerprint density at radius 3 is 1.63 bits per heavy atom. The Labute approximate surface area is 162 Å². The highest BCUT2D eigenvalue weighted by molar-refractivity contribution is 6.17. The highest BCUT2D eigenvalue weighted by atomic mass is 16.6. The molecule has 0 bridgehead atoms. The molecule has 0 aliphatic carbocycles. The van der Waals surface area contributed by atoms with E-state index in [1.54, 1.807) is 24.3 Å². The monoisotopic (exact) mass is 375 g/mol. The number of hydrogen-bond acceptors (Lipinski definition) is 5. The SMILES string of the molecule is CC(C)CC(C)OC(=O)C(=Cc1ccc(N)cc1)C(=O)OC(C)CC(C)C. The number of hydrogen-bond donors (Lipinski definition) is 1. The van der Waals surface area contributed by atoms with Crippen molar-refractivity contribution in [1.82, 2.24) is 0 Å².